The summed E-state index contributed by atoms with van der Waals surface area (Å²) in [5.41, 5.74) is 1.15. The van der Waals surface area contributed by atoms with Gasteiger partial charge in [-0.25, -0.2) is 4.79 Å². The molecule has 2 aliphatic rings. The molecule has 0 bridgehead atoms. The minimum atomic E-state index is -0.0925. The van der Waals surface area contributed by atoms with Gasteiger partial charge < -0.3 is 10.2 Å². The van der Waals surface area contributed by atoms with Gasteiger partial charge in [0.05, 0.1) is 5.54 Å². The molecule has 1 N–H and O–H groups in total. The Morgan fingerprint density at radius 2 is 2.14 bits per heavy atom. The van der Waals surface area contributed by atoms with Gasteiger partial charge in [0, 0.05) is 13.1 Å². The standard InChI is InChI=1S/C17H24N2OS/c1-21-13-14-6-5-11-19(12-14)16(20)18-17(9-10-17)15-7-3-2-4-8-15/h2-4,7-8,14H,5-6,9-13H2,1H3,(H,18,20)/t14-/m0/s1. The van der Waals surface area contributed by atoms with Crippen molar-refractivity contribution in [2.45, 2.75) is 31.2 Å². The Kier molecular flexibility index (Phi) is 4.43. The maximum Gasteiger partial charge on any atom is 0.318 e. The van der Waals surface area contributed by atoms with E-state index in [9.17, 15) is 4.79 Å². The zero-order valence-electron chi connectivity index (χ0n) is 12.7. The largest absolute Gasteiger partial charge is 0.328 e. The van der Waals surface area contributed by atoms with Crippen molar-refractivity contribution < 1.29 is 4.79 Å². The summed E-state index contributed by atoms with van der Waals surface area (Å²) in [5.74, 6) is 1.82. The summed E-state index contributed by atoms with van der Waals surface area (Å²) < 4.78 is 0. The first-order chi connectivity index (χ1) is 10.2. The molecule has 4 heteroatoms. The van der Waals surface area contributed by atoms with E-state index in [0.29, 0.717) is 5.92 Å². The number of hydrogen-bond donors (Lipinski definition) is 1. The minimum absolute atomic E-state index is 0.0925. The first-order valence-electron chi connectivity index (χ1n) is 7.85. The van der Waals surface area contributed by atoms with Gasteiger partial charge in [0.15, 0.2) is 0 Å². The van der Waals surface area contributed by atoms with Gasteiger partial charge in [-0.15, -0.1) is 0 Å². The molecule has 1 aromatic carbocycles. The highest BCUT2D eigenvalue weighted by Gasteiger charge is 2.46. The van der Waals surface area contributed by atoms with Crippen molar-refractivity contribution >= 4 is 17.8 Å². The van der Waals surface area contributed by atoms with Crippen LogP contribution >= 0.6 is 11.8 Å². The Balaban J connectivity index is 1.61. The van der Waals surface area contributed by atoms with Crippen molar-refractivity contribution in [1.82, 2.24) is 10.2 Å². The quantitative estimate of drug-likeness (QED) is 0.924. The van der Waals surface area contributed by atoms with Gasteiger partial charge >= 0.3 is 6.03 Å². The third-order valence-corrected chi connectivity index (χ3v) is 5.44. The number of carbonyl (C=O) groups excluding carboxylic acids is 1. The molecular formula is C17H24N2OS. The number of thioether (sulfide) groups is 1. The number of hydrogen-bond acceptors (Lipinski definition) is 2. The topological polar surface area (TPSA) is 32.3 Å². The van der Waals surface area contributed by atoms with Crippen molar-refractivity contribution in [2.24, 2.45) is 5.92 Å². The van der Waals surface area contributed by atoms with E-state index in [1.54, 1.807) is 0 Å². The highest BCUT2D eigenvalue weighted by Crippen LogP contribution is 2.45. The number of rotatable bonds is 4. The third-order valence-electron chi connectivity index (χ3n) is 4.63. The number of piperidine rings is 1. The van der Waals surface area contributed by atoms with E-state index in [1.165, 1.54) is 12.0 Å². The molecule has 0 spiro atoms. The van der Waals surface area contributed by atoms with E-state index in [1.807, 2.05) is 22.7 Å². The van der Waals surface area contributed by atoms with Gasteiger partial charge in [0.2, 0.25) is 0 Å². The summed E-state index contributed by atoms with van der Waals surface area (Å²) in [5, 5.41) is 3.30. The van der Waals surface area contributed by atoms with E-state index in [0.717, 1.165) is 38.1 Å². The van der Waals surface area contributed by atoms with Crippen LogP contribution in [0.1, 0.15) is 31.2 Å². The molecule has 3 nitrogen and oxygen atoms in total. The number of nitrogens with zero attached hydrogens (tertiary/aromatic N) is 1. The predicted molar refractivity (Wildman–Crippen MR) is 88.6 cm³/mol. The third kappa shape index (κ3) is 3.37. The van der Waals surface area contributed by atoms with Crippen LogP contribution in [0.25, 0.3) is 0 Å². The summed E-state index contributed by atoms with van der Waals surface area (Å²) in [4.78, 5) is 14.6. The maximum absolute atomic E-state index is 12.6. The van der Waals surface area contributed by atoms with Crippen LogP contribution in [0.4, 0.5) is 4.79 Å². The van der Waals surface area contributed by atoms with Crippen molar-refractivity contribution in [3.8, 4) is 0 Å². The zero-order chi connectivity index (χ0) is 14.7. The lowest BCUT2D eigenvalue weighted by molar-refractivity contribution is 0.166. The van der Waals surface area contributed by atoms with Crippen molar-refractivity contribution in [1.29, 1.82) is 0 Å². The number of carbonyl (C=O) groups is 1. The first-order valence-corrected chi connectivity index (χ1v) is 9.24. The summed E-state index contributed by atoms with van der Waals surface area (Å²) in [6.07, 6.45) is 6.66. The van der Waals surface area contributed by atoms with Crippen LogP contribution in [-0.2, 0) is 5.54 Å². The molecule has 0 radical (unpaired) electrons. The number of nitrogens with one attached hydrogen (secondary N) is 1. The molecule has 21 heavy (non-hydrogen) atoms. The minimum Gasteiger partial charge on any atom is -0.328 e. The second kappa shape index (κ2) is 6.30. The maximum atomic E-state index is 12.6. The van der Waals surface area contributed by atoms with Crippen LogP contribution in [-0.4, -0.2) is 36.0 Å². The van der Waals surface area contributed by atoms with Crippen LogP contribution < -0.4 is 5.32 Å². The second-order valence-electron chi connectivity index (χ2n) is 6.29. The average molecular weight is 304 g/mol. The van der Waals surface area contributed by atoms with Crippen LogP contribution in [0.5, 0.6) is 0 Å². The molecular weight excluding hydrogens is 280 g/mol. The van der Waals surface area contributed by atoms with Gasteiger partial charge in [0.25, 0.3) is 0 Å². The predicted octanol–water partition coefficient (Wildman–Crippen LogP) is 3.46. The van der Waals surface area contributed by atoms with Crippen LogP contribution in [0.15, 0.2) is 30.3 Å². The lowest BCUT2D eigenvalue weighted by Crippen LogP contribution is -2.49. The van der Waals surface area contributed by atoms with E-state index >= 15 is 0 Å². The number of benzene rings is 1. The molecule has 1 atom stereocenters. The Morgan fingerprint density at radius 1 is 1.38 bits per heavy atom. The summed E-state index contributed by atoms with van der Waals surface area (Å²) in [6, 6.07) is 10.5. The fourth-order valence-electron chi connectivity index (χ4n) is 3.27. The van der Waals surface area contributed by atoms with E-state index in [-0.39, 0.29) is 11.6 Å². The van der Waals surface area contributed by atoms with Crippen molar-refractivity contribution in [3.63, 3.8) is 0 Å². The van der Waals surface area contributed by atoms with E-state index < -0.39 is 0 Å². The SMILES string of the molecule is CSC[C@H]1CCCN(C(=O)NC2(c3ccccc3)CC2)C1. The van der Waals surface area contributed by atoms with Crippen molar-refractivity contribution in [3.05, 3.63) is 35.9 Å². The molecule has 1 aliphatic carbocycles. The van der Waals surface area contributed by atoms with Gasteiger partial charge in [-0.05, 0) is 49.2 Å². The molecule has 0 aromatic heterocycles. The lowest BCUT2D eigenvalue weighted by Gasteiger charge is -2.34. The van der Waals surface area contributed by atoms with Crippen LogP contribution in [0.2, 0.25) is 0 Å². The number of likely N-dealkylation sites (tertiary alicyclic amines) is 1. The fourth-order valence-corrected chi connectivity index (χ4v) is 4.02. The zero-order valence-corrected chi connectivity index (χ0v) is 13.5. The summed E-state index contributed by atoms with van der Waals surface area (Å²) in [6.45, 7) is 1.82. The summed E-state index contributed by atoms with van der Waals surface area (Å²) in [7, 11) is 0. The summed E-state index contributed by atoms with van der Waals surface area (Å²) >= 11 is 1.89. The van der Waals surface area contributed by atoms with Gasteiger partial charge in [0.1, 0.15) is 0 Å². The molecule has 3 rings (SSSR count). The molecule has 1 heterocycles. The average Bonchev–Trinajstić information content (AvgIpc) is 3.30. The van der Waals surface area contributed by atoms with Gasteiger partial charge in [-0.3, -0.25) is 0 Å². The second-order valence-corrected chi connectivity index (χ2v) is 7.20. The Hall–Kier alpha value is -1.16. The molecule has 2 fully saturated rings. The Bertz CT molecular complexity index is 485. The molecule has 1 aliphatic heterocycles. The normalized spacial score (nSPS) is 23.7. The first kappa shape index (κ1) is 14.8. The monoisotopic (exact) mass is 304 g/mol. The number of urea groups is 1. The molecule has 0 unspecified atom stereocenters. The molecule has 1 saturated carbocycles. The smallest absolute Gasteiger partial charge is 0.318 e. The highest BCUT2D eigenvalue weighted by molar-refractivity contribution is 7.98. The van der Waals surface area contributed by atoms with Gasteiger partial charge in [-0.1, -0.05) is 30.3 Å². The van der Waals surface area contributed by atoms with Crippen molar-refractivity contribution in [2.75, 3.05) is 25.1 Å². The molecule has 1 saturated heterocycles. The fraction of sp³-hybridized carbons (Fsp3) is 0.588. The molecule has 114 valence electrons. The van der Waals surface area contributed by atoms with E-state index in [2.05, 4.69) is 35.8 Å². The van der Waals surface area contributed by atoms with Crippen LogP contribution in [0.3, 0.4) is 0 Å². The van der Waals surface area contributed by atoms with Crippen LogP contribution in [0, 0.1) is 5.92 Å². The Labute approximate surface area is 131 Å². The Morgan fingerprint density at radius 3 is 2.81 bits per heavy atom. The molecule has 1 aromatic rings. The van der Waals surface area contributed by atoms with E-state index in [4.69, 9.17) is 0 Å². The molecule has 2 amide bonds. The van der Waals surface area contributed by atoms with Gasteiger partial charge in [-0.2, -0.15) is 11.8 Å². The number of amides is 2. The highest BCUT2D eigenvalue weighted by atomic mass is 32.2. The lowest BCUT2D eigenvalue weighted by atomic mass is 10.0.